The number of aromatic nitrogens is 4. The van der Waals surface area contributed by atoms with Gasteiger partial charge in [0.05, 0.1) is 12.9 Å². The van der Waals surface area contributed by atoms with Crippen LogP contribution < -0.4 is 5.32 Å². The van der Waals surface area contributed by atoms with Gasteiger partial charge in [-0.3, -0.25) is 14.7 Å². The number of amides is 1. The number of hydrogen-bond donors (Lipinski definition) is 2. The van der Waals surface area contributed by atoms with E-state index in [0.717, 1.165) is 0 Å². The van der Waals surface area contributed by atoms with Crippen LogP contribution in [0.1, 0.15) is 75.5 Å². The Morgan fingerprint density at radius 2 is 1.69 bits per heavy atom. The summed E-state index contributed by atoms with van der Waals surface area (Å²) in [6.07, 6.45) is -0.701. The monoisotopic (exact) mass is 599 g/mol. The van der Waals surface area contributed by atoms with E-state index < -0.39 is 41.2 Å². The molecule has 2 fully saturated rings. The Morgan fingerprint density at radius 1 is 1.10 bits per heavy atom. The van der Waals surface area contributed by atoms with Crippen LogP contribution in [0.15, 0.2) is 6.33 Å². The van der Waals surface area contributed by atoms with E-state index in [0.29, 0.717) is 11.2 Å². The van der Waals surface area contributed by atoms with Crippen molar-refractivity contribution in [3.05, 3.63) is 11.5 Å². The summed E-state index contributed by atoms with van der Waals surface area (Å²) in [7, 11) is -5.75. The number of imidazole rings is 1. The Labute approximate surface area is 237 Å². The highest BCUT2D eigenvalue weighted by atomic mass is 35.5. The van der Waals surface area contributed by atoms with E-state index >= 15 is 0 Å². The Hall–Kier alpha value is -1.46. The van der Waals surface area contributed by atoms with Crippen molar-refractivity contribution in [1.82, 2.24) is 19.5 Å². The molecule has 2 aromatic heterocycles. The van der Waals surface area contributed by atoms with Gasteiger partial charge in [0, 0.05) is 6.92 Å². The minimum absolute atomic E-state index is 0.0362. The maximum atomic E-state index is 12.1. The number of nitrogens with one attached hydrogen (secondary N) is 1. The largest absolute Gasteiger partial charge is 0.414 e. The van der Waals surface area contributed by atoms with Gasteiger partial charge in [-0.15, -0.1) is 0 Å². The van der Waals surface area contributed by atoms with Crippen LogP contribution >= 0.6 is 11.6 Å². The first kappa shape index (κ1) is 30.5. The molecule has 2 aromatic rings. The Morgan fingerprint density at radius 3 is 2.23 bits per heavy atom. The highest BCUT2D eigenvalue weighted by Crippen LogP contribution is 2.51. The molecule has 2 aliphatic rings. The molecule has 39 heavy (non-hydrogen) atoms. The molecule has 2 aliphatic heterocycles. The zero-order valence-corrected chi connectivity index (χ0v) is 27.2. The quantitative estimate of drug-likeness (QED) is 0.346. The number of ether oxygens (including phenoxy) is 1. The normalized spacial score (nSPS) is 28.8. The SMILES string of the molecule is CC(=O)Nc1nc(Cl)c2ncn([C@@H]3OC4CO[Si](C(C)C)(C(C)C)O[Si](C(C)C)(C(C)C)O[C@H]4[C@]3(C)O)c2n1. The lowest BCUT2D eigenvalue weighted by molar-refractivity contribution is -0.114. The molecule has 14 heteroatoms. The van der Waals surface area contributed by atoms with Gasteiger partial charge in [0.15, 0.2) is 17.0 Å². The second-order valence-corrected chi connectivity index (χ2v) is 21.3. The smallest absolute Gasteiger partial charge is 0.335 e. The third kappa shape index (κ3) is 5.09. The molecule has 2 saturated heterocycles. The molecule has 4 atom stereocenters. The predicted molar refractivity (Wildman–Crippen MR) is 153 cm³/mol. The van der Waals surface area contributed by atoms with E-state index in [1.165, 1.54) is 13.3 Å². The van der Waals surface area contributed by atoms with Crippen molar-refractivity contribution in [2.75, 3.05) is 11.9 Å². The summed E-state index contributed by atoms with van der Waals surface area (Å²) in [5, 5.41) is 14.7. The fourth-order valence-electron chi connectivity index (χ4n) is 5.95. The van der Waals surface area contributed by atoms with Gasteiger partial charge in [0.2, 0.25) is 11.9 Å². The number of carbonyl (C=O) groups is 1. The van der Waals surface area contributed by atoms with Crippen LogP contribution in [-0.2, 0) is 22.5 Å². The molecule has 4 heterocycles. The fourth-order valence-corrected chi connectivity index (χ4v) is 17.4. The Balaban J connectivity index is 1.83. The van der Waals surface area contributed by atoms with Crippen molar-refractivity contribution in [3.63, 3.8) is 0 Å². The van der Waals surface area contributed by atoms with Crippen LogP contribution in [0.5, 0.6) is 0 Å². The third-order valence-corrected chi connectivity index (χ3v) is 18.5. The van der Waals surface area contributed by atoms with Crippen LogP contribution in [-0.4, -0.2) is 72.1 Å². The van der Waals surface area contributed by atoms with Gasteiger partial charge in [0.1, 0.15) is 23.3 Å². The van der Waals surface area contributed by atoms with Crippen LogP contribution in [0.3, 0.4) is 0 Å². The standard InChI is InChI=1S/C25H42ClN5O6Si2/c1-13(2)38(14(3)4)34-11-18-20(36-39(37-38,15(5)6)16(7)8)25(10,33)23(35-18)31-12-27-19-21(26)29-24(28-17(9)32)30-22(19)31/h12-16,18,20,23,33H,11H2,1-10H3,(H,28,29,30,32)/t18?,20-,23-,25+/m1/s1. The van der Waals surface area contributed by atoms with Crippen molar-refractivity contribution >= 4 is 51.7 Å². The van der Waals surface area contributed by atoms with E-state index in [4.69, 9.17) is 29.3 Å². The Kier molecular flexibility index (Phi) is 8.40. The molecule has 0 radical (unpaired) electrons. The van der Waals surface area contributed by atoms with Gasteiger partial charge >= 0.3 is 17.1 Å². The first-order valence-corrected chi connectivity index (χ1v) is 18.0. The van der Waals surface area contributed by atoms with Crippen molar-refractivity contribution in [2.24, 2.45) is 0 Å². The molecule has 218 valence electrons. The molecule has 11 nitrogen and oxygen atoms in total. The lowest BCUT2D eigenvalue weighted by Crippen LogP contribution is -2.66. The molecule has 2 N–H and O–H groups in total. The average Bonchev–Trinajstić information content (AvgIpc) is 3.31. The van der Waals surface area contributed by atoms with Gasteiger partial charge in [-0.2, -0.15) is 9.97 Å². The molecule has 0 aromatic carbocycles. The van der Waals surface area contributed by atoms with Gasteiger partial charge in [0.25, 0.3) is 0 Å². The maximum Gasteiger partial charge on any atom is 0.335 e. The van der Waals surface area contributed by atoms with E-state index in [2.05, 4.69) is 75.7 Å². The number of carbonyl (C=O) groups excluding carboxylic acids is 1. The summed E-state index contributed by atoms with van der Waals surface area (Å²) < 4.78 is 29.3. The molecular weight excluding hydrogens is 558 g/mol. The summed E-state index contributed by atoms with van der Waals surface area (Å²) in [5.74, 6) is -0.301. The summed E-state index contributed by atoms with van der Waals surface area (Å²) >= 11 is 6.37. The topological polar surface area (TPSA) is 130 Å². The number of hydrogen-bond acceptors (Lipinski definition) is 9. The summed E-state index contributed by atoms with van der Waals surface area (Å²) in [6.45, 7) is 20.5. The second-order valence-electron chi connectivity index (χ2n) is 12.1. The Bertz CT molecular complexity index is 1210. The maximum absolute atomic E-state index is 12.1. The molecule has 4 rings (SSSR count). The summed E-state index contributed by atoms with van der Waals surface area (Å²) in [4.78, 5) is 24.6. The molecule has 0 spiro atoms. The molecule has 0 bridgehead atoms. The minimum atomic E-state index is -2.98. The van der Waals surface area contributed by atoms with E-state index in [9.17, 15) is 9.90 Å². The molecule has 1 amide bonds. The highest BCUT2D eigenvalue weighted by Gasteiger charge is 2.64. The molecular formula is C25H42ClN5O6Si2. The van der Waals surface area contributed by atoms with E-state index in [1.54, 1.807) is 11.5 Å². The van der Waals surface area contributed by atoms with Crippen molar-refractivity contribution in [1.29, 1.82) is 0 Å². The van der Waals surface area contributed by atoms with Gasteiger partial charge in [-0.05, 0) is 29.1 Å². The van der Waals surface area contributed by atoms with Gasteiger partial charge in [-0.25, -0.2) is 4.98 Å². The molecule has 0 saturated carbocycles. The van der Waals surface area contributed by atoms with Crippen LogP contribution in [0.4, 0.5) is 5.95 Å². The zero-order chi connectivity index (χ0) is 29.1. The number of aliphatic hydroxyl groups is 1. The number of nitrogens with zero attached hydrogens (tertiary/aromatic N) is 4. The van der Waals surface area contributed by atoms with Crippen molar-refractivity contribution < 1.29 is 27.6 Å². The van der Waals surface area contributed by atoms with Crippen molar-refractivity contribution in [3.8, 4) is 0 Å². The first-order chi connectivity index (χ1) is 18.1. The van der Waals surface area contributed by atoms with E-state index in [1.807, 2.05) is 0 Å². The zero-order valence-electron chi connectivity index (χ0n) is 24.5. The minimum Gasteiger partial charge on any atom is -0.414 e. The van der Waals surface area contributed by atoms with Crippen LogP contribution in [0.25, 0.3) is 11.2 Å². The molecule has 0 aliphatic carbocycles. The number of fused-ring (bicyclic) bond motifs is 2. The van der Waals surface area contributed by atoms with Crippen LogP contribution in [0.2, 0.25) is 27.3 Å². The van der Waals surface area contributed by atoms with E-state index in [-0.39, 0.29) is 45.8 Å². The van der Waals surface area contributed by atoms with Gasteiger partial charge in [-0.1, -0.05) is 67.0 Å². The summed E-state index contributed by atoms with van der Waals surface area (Å²) in [6, 6.07) is 0. The number of anilines is 1. The number of rotatable bonds is 6. The fraction of sp³-hybridized carbons (Fsp3) is 0.760. The highest BCUT2D eigenvalue weighted by molar-refractivity contribution is 6.84. The second kappa shape index (κ2) is 10.7. The van der Waals surface area contributed by atoms with Crippen molar-refractivity contribution in [2.45, 2.75) is 115 Å². The third-order valence-electron chi connectivity index (χ3n) is 7.96. The predicted octanol–water partition coefficient (Wildman–Crippen LogP) is 5.04. The van der Waals surface area contributed by atoms with Crippen LogP contribution in [0, 0.1) is 0 Å². The molecule has 1 unspecified atom stereocenters. The van der Waals surface area contributed by atoms with Gasteiger partial charge < -0.3 is 22.8 Å². The average molecular weight is 600 g/mol. The summed E-state index contributed by atoms with van der Waals surface area (Å²) in [5.41, 5.74) is -0.295. The lowest BCUT2D eigenvalue weighted by Gasteiger charge is -2.52. The number of halogens is 1. The lowest BCUT2D eigenvalue weighted by atomic mass is 9.96. The first-order valence-electron chi connectivity index (χ1n) is 13.6.